The molecule has 1 atom stereocenters. The fraction of sp³-hybridized carbons (Fsp3) is 0.400. The first kappa shape index (κ1) is 17.6. The van der Waals surface area contributed by atoms with E-state index in [1.54, 1.807) is 0 Å². The number of nitrogens with one attached hydrogen (secondary N) is 2. The highest BCUT2D eigenvalue weighted by Crippen LogP contribution is 2.29. The average molecular weight is 345 g/mol. The topological polar surface area (TPSA) is 56.7 Å². The number of hydrogen-bond donors (Lipinski definition) is 3. The Hall–Kier alpha value is -1.80. The summed E-state index contributed by atoms with van der Waals surface area (Å²) in [4.78, 5) is 4.63. The molecule has 1 aromatic heterocycles. The largest absolute Gasteiger partial charge is 0.390 e. The Kier molecular flexibility index (Phi) is 5.84. The van der Waals surface area contributed by atoms with Gasteiger partial charge in [0.05, 0.1) is 6.42 Å². The van der Waals surface area contributed by atoms with E-state index in [0.29, 0.717) is 0 Å². The fourth-order valence-corrected chi connectivity index (χ4v) is 3.05. The van der Waals surface area contributed by atoms with Crippen LogP contribution in [0, 0.1) is 0 Å². The molecule has 0 fully saturated rings. The van der Waals surface area contributed by atoms with Gasteiger partial charge in [0.25, 0.3) is 0 Å². The second-order valence-corrected chi connectivity index (χ2v) is 6.06. The number of halogens is 3. The monoisotopic (exact) mass is 345 g/mol. The summed E-state index contributed by atoms with van der Waals surface area (Å²) in [5, 5.41) is 16.7. The second kappa shape index (κ2) is 7.65. The molecule has 8 heteroatoms. The molecule has 1 unspecified atom stereocenters. The normalized spacial score (nSPS) is 14.0. The lowest BCUT2D eigenvalue weighted by Crippen LogP contribution is -2.40. The van der Waals surface area contributed by atoms with Crippen LogP contribution in [0.2, 0.25) is 0 Å². The number of hydrogen-bond acceptors (Lipinski definition) is 3. The van der Waals surface area contributed by atoms with Crippen molar-refractivity contribution < 1.29 is 18.3 Å². The van der Waals surface area contributed by atoms with Crippen LogP contribution in [-0.4, -0.2) is 37.4 Å². The molecular formula is C15H18F3N3OS. The van der Waals surface area contributed by atoms with Gasteiger partial charge >= 0.3 is 6.18 Å². The van der Waals surface area contributed by atoms with Gasteiger partial charge < -0.3 is 15.7 Å². The van der Waals surface area contributed by atoms with Gasteiger partial charge in [-0.05, 0) is 17.5 Å². The molecule has 0 radical (unpaired) electrons. The van der Waals surface area contributed by atoms with Gasteiger partial charge in [-0.25, -0.2) is 0 Å². The first-order chi connectivity index (χ1) is 10.9. The minimum atomic E-state index is -4.21. The molecule has 0 aliphatic heterocycles. The van der Waals surface area contributed by atoms with E-state index in [1.807, 2.05) is 30.3 Å². The number of alkyl halides is 3. The maximum atomic E-state index is 12.1. The van der Waals surface area contributed by atoms with E-state index < -0.39 is 18.7 Å². The molecule has 0 saturated carbocycles. The van der Waals surface area contributed by atoms with Gasteiger partial charge in [-0.15, -0.1) is 11.3 Å². The van der Waals surface area contributed by atoms with Crippen molar-refractivity contribution in [1.29, 1.82) is 0 Å². The molecule has 4 nitrogen and oxygen atoms in total. The van der Waals surface area contributed by atoms with Crippen LogP contribution in [0.4, 0.5) is 13.2 Å². The zero-order valence-electron chi connectivity index (χ0n) is 12.5. The Labute approximate surface area is 136 Å². The molecule has 0 amide bonds. The van der Waals surface area contributed by atoms with Crippen molar-refractivity contribution >= 4 is 27.4 Å². The Balaban J connectivity index is 1.85. The van der Waals surface area contributed by atoms with Crippen LogP contribution < -0.4 is 10.6 Å². The van der Waals surface area contributed by atoms with Gasteiger partial charge in [0.2, 0.25) is 0 Å². The third kappa shape index (κ3) is 5.40. The lowest BCUT2D eigenvalue weighted by molar-refractivity contribution is -0.132. The number of nitrogens with zero attached hydrogens (tertiary/aromatic N) is 1. The van der Waals surface area contributed by atoms with Crippen LogP contribution in [0.15, 0.2) is 35.3 Å². The lowest BCUT2D eigenvalue weighted by atomic mass is 10.2. The summed E-state index contributed by atoms with van der Waals surface area (Å²) in [7, 11) is 1.47. The van der Waals surface area contributed by atoms with Crippen LogP contribution >= 0.6 is 11.3 Å². The van der Waals surface area contributed by atoms with Gasteiger partial charge in [-0.1, -0.05) is 18.2 Å². The zero-order valence-corrected chi connectivity index (χ0v) is 13.3. The number of fused-ring (bicyclic) bond motifs is 1. The summed E-state index contributed by atoms with van der Waals surface area (Å²) in [6.45, 7) is -0.0966. The summed E-state index contributed by atoms with van der Waals surface area (Å²) in [5.41, 5.74) is 0. The molecule has 23 heavy (non-hydrogen) atoms. The molecule has 126 valence electrons. The van der Waals surface area contributed by atoms with E-state index >= 15 is 0 Å². The van der Waals surface area contributed by atoms with Crippen molar-refractivity contribution in [3.8, 4) is 0 Å². The van der Waals surface area contributed by atoms with Crippen LogP contribution in [0.25, 0.3) is 10.1 Å². The van der Waals surface area contributed by atoms with Crippen molar-refractivity contribution in [3.05, 3.63) is 35.2 Å². The van der Waals surface area contributed by atoms with Gasteiger partial charge in [0.15, 0.2) is 5.96 Å². The Morgan fingerprint density at radius 3 is 2.70 bits per heavy atom. The number of aliphatic imine (C=N–C) groups is 1. The molecule has 0 bridgehead atoms. The summed E-state index contributed by atoms with van der Waals surface area (Å²) < 4.78 is 37.4. The summed E-state index contributed by atoms with van der Waals surface area (Å²) in [6.07, 6.45) is -5.90. The molecule has 1 heterocycles. The Bertz CT molecular complexity index is 636. The van der Waals surface area contributed by atoms with Gasteiger partial charge in [-0.2, -0.15) is 13.2 Å². The van der Waals surface area contributed by atoms with Crippen LogP contribution in [0.1, 0.15) is 17.4 Å². The summed E-state index contributed by atoms with van der Waals surface area (Å²) >= 11 is 1.49. The SMILES string of the molecule is CN=C(NCCC(F)(F)F)NCC(O)c1cc2ccccc2s1. The molecule has 1 aromatic carbocycles. The molecule has 0 spiro atoms. The van der Waals surface area contributed by atoms with Crippen molar-refractivity contribution in [2.75, 3.05) is 20.1 Å². The van der Waals surface area contributed by atoms with E-state index in [-0.39, 0.29) is 19.0 Å². The number of thiophene rings is 1. The van der Waals surface area contributed by atoms with E-state index in [2.05, 4.69) is 15.6 Å². The van der Waals surface area contributed by atoms with Crippen LogP contribution in [0.5, 0.6) is 0 Å². The predicted octanol–water partition coefficient (Wildman–Crippen LogP) is 3.05. The zero-order chi connectivity index (χ0) is 16.9. The van der Waals surface area contributed by atoms with Gasteiger partial charge in [0.1, 0.15) is 6.10 Å². The standard InChI is InChI=1S/C15H18F3N3OS/c1-19-14(20-7-6-15(16,17)18)21-9-11(22)13-8-10-4-2-3-5-12(10)23-13/h2-5,8,11,22H,6-7,9H2,1H3,(H2,19,20,21). The fourth-order valence-electron chi connectivity index (χ4n) is 2.00. The number of rotatable bonds is 5. The Morgan fingerprint density at radius 2 is 2.04 bits per heavy atom. The first-order valence-corrected chi connectivity index (χ1v) is 7.88. The van der Waals surface area contributed by atoms with Crippen molar-refractivity contribution in [2.45, 2.75) is 18.7 Å². The third-order valence-corrected chi connectivity index (χ3v) is 4.38. The second-order valence-electron chi connectivity index (χ2n) is 4.95. The summed E-state index contributed by atoms with van der Waals surface area (Å²) in [6, 6.07) is 9.70. The summed E-state index contributed by atoms with van der Waals surface area (Å²) in [5.74, 6) is 0.231. The molecule has 3 N–H and O–H groups in total. The average Bonchev–Trinajstić information content (AvgIpc) is 2.93. The maximum Gasteiger partial charge on any atom is 0.390 e. The van der Waals surface area contributed by atoms with Crippen molar-refractivity contribution in [3.63, 3.8) is 0 Å². The first-order valence-electron chi connectivity index (χ1n) is 7.07. The minimum absolute atomic E-state index is 0.165. The van der Waals surface area contributed by atoms with Crippen molar-refractivity contribution in [2.24, 2.45) is 4.99 Å². The van der Waals surface area contributed by atoms with Gasteiger partial charge in [-0.3, -0.25) is 4.99 Å². The molecule has 2 aromatic rings. The predicted molar refractivity (Wildman–Crippen MR) is 86.8 cm³/mol. The molecule has 0 saturated heterocycles. The maximum absolute atomic E-state index is 12.1. The molecule has 0 aliphatic carbocycles. The molecule has 2 rings (SSSR count). The van der Waals surface area contributed by atoms with E-state index in [4.69, 9.17) is 0 Å². The highest BCUT2D eigenvalue weighted by molar-refractivity contribution is 7.19. The highest BCUT2D eigenvalue weighted by atomic mass is 32.1. The van der Waals surface area contributed by atoms with Crippen LogP contribution in [0.3, 0.4) is 0 Å². The van der Waals surface area contributed by atoms with Crippen molar-refractivity contribution in [1.82, 2.24) is 10.6 Å². The van der Waals surface area contributed by atoms with Gasteiger partial charge in [0, 0.05) is 29.7 Å². The number of guanidine groups is 1. The third-order valence-electron chi connectivity index (χ3n) is 3.16. The smallest absolute Gasteiger partial charge is 0.386 e. The minimum Gasteiger partial charge on any atom is -0.386 e. The van der Waals surface area contributed by atoms with E-state index in [9.17, 15) is 18.3 Å². The number of benzene rings is 1. The lowest BCUT2D eigenvalue weighted by Gasteiger charge is -2.15. The van der Waals surface area contributed by atoms with E-state index in [0.717, 1.165) is 15.0 Å². The molecular weight excluding hydrogens is 327 g/mol. The number of aliphatic hydroxyl groups is 1. The van der Waals surface area contributed by atoms with Crippen LogP contribution in [-0.2, 0) is 0 Å². The number of aliphatic hydroxyl groups excluding tert-OH is 1. The Morgan fingerprint density at radius 1 is 1.30 bits per heavy atom. The molecule has 0 aliphatic rings. The highest BCUT2D eigenvalue weighted by Gasteiger charge is 2.26. The van der Waals surface area contributed by atoms with E-state index in [1.165, 1.54) is 18.4 Å². The quantitative estimate of drug-likeness (QED) is 0.577.